The summed E-state index contributed by atoms with van der Waals surface area (Å²) in [6.07, 6.45) is 1.39. The zero-order valence-electron chi connectivity index (χ0n) is 21.3. The van der Waals surface area contributed by atoms with Gasteiger partial charge in [-0.2, -0.15) is 10.4 Å². The van der Waals surface area contributed by atoms with E-state index in [0.717, 1.165) is 17.1 Å². The summed E-state index contributed by atoms with van der Waals surface area (Å²) in [6.45, 7) is 4.09. The Kier molecular flexibility index (Phi) is 8.96. The first kappa shape index (κ1) is 27.8. The highest BCUT2D eigenvalue weighted by atomic mass is 79.9. The van der Waals surface area contributed by atoms with E-state index in [2.05, 4.69) is 57.0 Å². The SMILES string of the molecule is COc1cc(/C=N/NC(=O)c2ccc(COc3ccc(-n4c(C)ccc4C)cc3)o2)c(Br)c(Cl)c1OCC#N. The minimum Gasteiger partial charge on any atom is -0.493 e. The first-order valence-electron chi connectivity index (χ1n) is 11.7. The standard InChI is InChI=1S/C28H24BrClN4O5/c1-17-4-5-18(2)34(17)20-6-8-21(9-7-20)38-16-22-10-11-23(39-22)28(35)33-32-15-19-14-24(36-3)27(37-13-12-31)26(30)25(19)29/h4-11,14-15H,13,16H2,1-3H3,(H,33,35)/b32-15+. The number of nitriles is 1. The number of amides is 1. The number of rotatable bonds is 10. The lowest BCUT2D eigenvalue weighted by atomic mass is 10.2. The van der Waals surface area contributed by atoms with E-state index < -0.39 is 5.91 Å². The highest BCUT2D eigenvalue weighted by Crippen LogP contribution is 2.42. The molecule has 0 saturated heterocycles. The van der Waals surface area contributed by atoms with Crippen molar-refractivity contribution in [2.24, 2.45) is 5.10 Å². The number of aryl methyl sites for hydroxylation is 2. The largest absolute Gasteiger partial charge is 0.493 e. The molecule has 0 atom stereocenters. The third-order valence-electron chi connectivity index (χ3n) is 5.66. The molecule has 2 heterocycles. The van der Waals surface area contributed by atoms with Crippen LogP contribution in [0.3, 0.4) is 0 Å². The molecule has 9 nitrogen and oxygen atoms in total. The Labute approximate surface area is 238 Å². The zero-order valence-corrected chi connectivity index (χ0v) is 23.7. The van der Waals surface area contributed by atoms with Gasteiger partial charge >= 0.3 is 5.91 Å². The fraction of sp³-hybridized carbons (Fsp3) is 0.179. The lowest BCUT2D eigenvalue weighted by molar-refractivity contribution is 0.0923. The Balaban J connectivity index is 1.35. The third kappa shape index (κ3) is 6.45. The maximum atomic E-state index is 12.5. The Morgan fingerprint density at radius 3 is 2.54 bits per heavy atom. The van der Waals surface area contributed by atoms with Gasteiger partial charge in [-0.05, 0) is 84.4 Å². The molecule has 11 heteroatoms. The van der Waals surface area contributed by atoms with Gasteiger partial charge in [0.15, 0.2) is 23.9 Å². The van der Waals surface area contributed by atoms with Crippen LogP contribution in [0, 0.1) is 25.2 Å². The molecule has 4 aromatic rings. The zero-order chi connectivity index (χ0) is 27.9. The average Bonchev–Trinajstić information content (AvgIpc) is 3.55. The van der Waals surface area contributed by atoms with Crippen LogP contribution < -0.4 is 19.6 Å². The second-order valence-corrected chi connectivity index (χ2v) is 9.44. The lowest BCUT2D eigenvalue weighted by Crippen LogP contribution is -2.16. The normalized spacial score (nSPS) is 10.9. The molecular weight excluding hydrogens is 588 g/mol. The summed E-state index contributed by atoms with van der Waals surface area (Å²) >= 11 is 9.71. The van der Waals surface area contributed by atoms with Crippen LogP contribution in [-0.2, 0) is 6.61 Å². The summed E-state index contributed by atoms with van der Waals surface area (Å²) in [5.41, 5.74) is 6.29. The van der Waals surface area contributed by atoms with E-state index in [0.29, 0.717) is 27.3 Å². The number of hydrogen-bond acceptors (Lipinski definition) is 7. The van der Waals surface area contributed by atoms with Gasteiger partial charge < -0.3 is 23.2 Å². The quantitative estimate of drug-likeness (QED) is 0.165. The van der Waals surface area contributed by atoms with Crippen molar-refractivity contribution in [2.45, 2.75) is 20.5 Å². The van der Waals surface area contributed by atoms with Crippen LogP contribution in [0.4, 0.5) is 0 Å². The summed E-state index contributed by atoms with van der Waals surface area (Å²) in [5, 5.41) is 12.9. The molecule has 1 amide bonds. The summed E-state index contributed by atoms with van der Waals surface area (Å²) in [5.74, 6) is 1.24. The molecule has 0 saturated carbocycles. The fourth-order valence-electron chi connectivity index (χ4n) is 3.80. The third-order valence-corrected chi connectivity index (χ3v) is 7.10. The van der Waals surface area contributed by atoms with Gasteiger partial charge in [-0.1, -0.05) is 11.6 Å². The van der Waals surface area contributed by atoms with Crippen LogP contribution in [-0.4, -0.2) is 30.4 Å². The number of hydrazone groups is 1. The molecule has 0 radical (unpaired) electrons. The Morgan fingerprint density at radius 2 is 1.87 bits per heavy atom. The molecule has 39 heavy (non-hydrogen) atoms. The second-order valence-electron chi connectivity index (χ2n) is 8.27. The first-order valence-corrected chi connectivity index (χ1v) is 12.9. The lowest BCUT2D eigenvalue weighted by Gasteiger charge is -2.13. The highest BCUT2D eigenvalue weighted by Gasteiger charge is 2.17. The average molecular weight is 612 g/mol. The van der Waals surface area contributed by atoms with Crippen LogP contribution in [0.15, 0.2) is 68.6 Å². The Bertz CT molecular complexity index is 1530. The molecule has 2 aromatic carbocycles. The Morgan fingerprint density at radius 1 is 1.15 bits per heavy atom. The molecule has 1 N–H and O–H groups in total. The van der Waals surface area contributed by atoms with Crippen LogP contribution >= 0.6 is 27.5 Å². The number of furan rings is 1. The minimum absolute atomic E-state index is 0.0783. The number of nitrogens with one attached hydrogen (secondary N) is 1. The minimum atomic E-state index is -0.539. The van der Waals surface area contributed by atoms with Gasteiger partial charge in [0, 0.05) is 27.1 Å². The molecule has 0 spiro atoms. The topological polar surface area (TPSA) is 111 Å². The van der Waals surface area contributed by atoms with Gasteiger partial charge in [0.2, 0.25) is 0 Å². The summed E-state index contributed by atoms with van der Waals surface area (Å²) in [4.78, 5) is 12.5. The van der Waals surface area contributed by atoms with E-state index in [1.807, 2.05) is 30.3 Å². The van der Waals surface area contributed by atoms with E-state index in [9.17, 15) is 4.79 Å². The van der Waals surface area contributed by atoms with Crippen LogP contribution in [0.25, 0.3) is 5.69 Å². The fourth-order valence-corrected chi connectivity index (χ4v) is 4.46. The number of nitrogens with zero attached hydrogens (tertiary/aromatic N) is 3. The predicted molar refractivity (Wildman–Crippen MR) is 150 cm³/mol. The van der Waals surface area contributed by atoms with Crippen molar-refractivity contribution >= 4 is 39.7 Å². The molecule has 0 aliphatic rings. The molecular formula is C28H24BrClN4O5. The molecule has 0 aliphatic carbocycles. The van der Waals surface area contributed by atoms with E-state index in [-0.39, 0.29) is 29.7 Å². The van der Waals surface area contributed by atoms with Gasteiger partial charge in [0.1, 0.15) is 29.2 Å². The number of halogens is 2. The maximum absolute atomic E-state index is 12.5. The number of carbonyl (C=O) groups is 1. The number of carbonyl (C=O) groups excluding carboxylic acids is 1. The van der Waals surface area contributed by atoms with Crippen molar-refractivity contribution in [3.63, 3.8) is 0 Å². The van der Waals surface area contributed by atoms with Crippen molar-refractivity contribution in [1.29, 1.82) is 5.26 Å². The van der Waals surface area contributed by atoms with Crippen LogP contribution in [0.1, 0.15) is 33.3 Å². The van der Waals surface area contributed by atoms with Gasteiger partial charge in [-0.3, -0.25) is 4.79 Å². The van der Waals surface area contributed by atoms with Gasteiger partial charge in [-0.15, -0.1) is 0 Å². The van der Waals surface area contributed by atoms with Crippen molar-refractivity contribution in [1.82, 2.24) is 9.99 Å². The predicted octanol–water partition coefficient (Wildman–Crippen LogP) is 6.36. The van der Waals surface area contributed by atoms with E-state index in [4.69, 9.17) is 35.5 Å². The van der Waals surface area contributed by atoms with Crippen molar-refractivity contribution in [2.75, 3.05) is 13.7 Å². The van der Waals surface area contributed by atoms with E-state index in [1.165, 1.54) is 13.3 Å². The molecule has 200 valence electrons. The molecule has 4 rings (SSSR count). The summed E-state index contributed by atoms with van der Waals surface area (Å²) < 4.78 is 24.7. The van der Waals surface area contributed by atoms with Crippen LogP contribution in [0.5, 0.6) is 17.2 Å². The van der Waals surface area contributed by atoms with Crippen molar-refractivity contribution < 1.29 is 23.4 Å². The number of methoxy groups -OCH3 is 1. The van der Waals surface area contributed by atoms with Crippen molar-refractivity contribution in [3.8, 4) is 29.0 Å². The van der Waals surface area contributed by atoms with E-state index >= 15 is 0 Å². The van der Waals surface area contributed by atoms with Gasteiger partial charge in [0.25, 0.3) is 0 Å². The van der Waals surface area contributed by atoms with Gasteiger partial charge in [0.05, 0.1) is 13.3 Å². The monoisotopic (exact) mass is 610 g/mol. The first-order chi connectivity index (χ1) is 18.8. The summed E-state index contributed by atoms with van der Waals surface area (Å²) in [7, 11) is 1.44. The summed E-state index contributed by atoms with van der Waals surface area (Å²) in [6, 6.07) is 18.6. The molecule has 0 fully saturated rings. The maximum Gasteiger partial charge on any atom is 0.307 e. The molecule has 0 bridgehead atoms. The molecule has 0 aliphatic heterocycles. The highest BCUT2D eigenvalue weighted by molar-refractivity contribution is 9.10. The smallest absolute Gasteiger partial charge is 0.307 e. The second kappa shape index (κ2) is 12.6. The van der Waals surface area contributed by atoms with Crippen molar-refractivity contribution in [3.05, 3.63) is 92.6 Å². The number of hydrogen-bond donors (Lipinski definition) is 1. The van der Waals surface area contributed by atoms with Crippen LogP contribution in [0.2, 0.25) is 5.02 Å². The molecule has 2 aromatic heterocycles. The molecule has 0 unspecified atom stereocenters. The number of ether oxygens (including phenoxy) is 3. The number of benzene rings is 2. The van der Waals surface area contributed by atoms with Gasteiger partial charge in [-0.25, -0.2) is 5.43 Å². The number of aromatic nitrogens is 1. The Hall–Kier alpha value is -4.20. The van der Waals surface area contributed by atoms with E-state index in [1.54, 1.807) is 18.2 Å².